The number of carbonyl (C=O) groups is 4. The number of hydrogen-bond donors (Lipinski definition) is 0. The van der Waals surface area contributed by atoms with Crippen molar-refractivity contribution in [2.24, 2.45) is 10.8 Å². The monoisotopic (exact) mass is 422 g/mol. The molecule has 2 atom stereocenters. The molecule has 2 rings (SSSR count). The van der Waals surface area contributed by atoms with E-state index >= 15 is 0 Å². The number of Topliss-reactive ketones (excluding diaryl/α,β-unsaturated/α-hetero) is 2. The quantitative estimate of drug-likeness (QED) is 0.272. The largest absolute Gasteiger partial charge is 0.465 e. The Kier molecular flexibility index (Phi) is 9.50. The van der Waals surface area contributed by atoms with Crippen LogP contribution in [0.4, 0.5) is 0 Å². The van der Waals surface area contributed by atoms with Crippen LogP contribution in [0.5, 0.6) is 0 Å². The van der Waals surface area contributed by atoms with Crippen molar-refractivity contribution in [2.75, 3.05) is 13.2 Å². The Bertz CT molecular complexity index is 573. The zero-order chi connectivity index (χ0) is 22.0. The second-order valence-electron chi connectivity index (χ2n) is 8.78. The van der Waals surface area contributed by atoms with Gasteiger partial charge in [-0.1, -0.05) is 38.5 Å². The Hall–Kier alpha value is -1.72. The van der Waals surface area contributed by atoms with Gasteiger partial charge in [-0.2, -0.15) is 0 Å². The molecule has 0 heterocycles. The zero-order valence-electron chi connectivity index (χ0n) is 18.8. The van der Waals surface area contributed by atoms with E-state index in [-0.39, 0.29) is 36.7 Å². The summed E-state index contributed by atoms with van der Waals surface area (Å²) >= 11 is 0. The van der Waals surface area contributed by atoms with Crippen molar-refractivity contribution >= 4 is 23.5 Å². The molecule has 0 bridgehead atoms. The lowest BCUT2D eigenvalue weighted by Gasteiger charge is -2.34. The third-order valence-electron chi connectivity index (χ3n) is 6.87. The molecule has 0 N–H and O–H groups in total. The third-order valence-corrected chi connectivity index (χ3v) is 6.87. The molecule has 0 aromatic rings. The summed E-state index contributed by atoms with van der Waals surface area (Å²) in [6.07, 6.45) is 9.90. The Morgan fingerprint density at radius 2 is 1.10 bits per heavy atom. The van der Waals surface area contributed by atoms with Crippen LogP contribution < -0.4 is 0 Å². The SMILES string of the molecule is CCOC(=O)C1(CCCCCCC2(C(=O)OCC)CCCCC2=O)CCCCC1=O. The van der Waals surface area contributed by atoms with Gasteiger partial charge in [0, 0.05) is 12.8 Å². The summed E-state index contributed by atoms with van der Waals surface area (Å²) in [6.45, 7) is 4.12. The molecule has 2 unspecified atom stereocenters. The molecule has 0 radical (unpaired) electrons. The maximum absolute atomic E-state index is 12.6. The standard InChI is InChI=1S/C24H38O6/c1-3-29-21(27)23(17-11-7-13-19(23)25)15-9-5-6-10-16-24(22(28)30-4-2)18-12-8-14-20(24)26/h3-18H2,1-2H3. The summed E-state index contributed by atoms with van der Waals surface area (Å²) in [4.78, 5) is 50.2. The lowest BCUT2D eigenvalue weighted by Crippen LogP contribution is -2.43. The molecule has 2 aliphatic carbocycles. The van der Waals surface area contributed by atoms with E-state index in [1.807, 2.05) is 0 Å². The van der Waals surface area contributed by atoms with E-state index in [9.17, 15) is 19.2 Å². The van der Waals surface area contributed by atoms with Crippen molar-refractivity contribution in [3.8, 4) is 0 Å². The van der Waals surface area contributed by atoms with Gasteiger partial charge in [-0.3, -0.25) is 19.2 Å². The molecule has 0 aliphatic heterocycles. The maximum atomic E-state index is 12.6. The second kappa shape index (κ2) is 11.6. The molecule has 0 saturated heterocycles. The highest BCUT2D eigenvalue weighted by Crippen LogP contribution is 2.41. The first-order valence-electron chi connectivity index (χ1n) is 11.8. The minimum Gasteiger partial charge on any atom is -0.465 e. The van der Waals surface area contributed by atoms with E-state index in [0.717, 1.165) is 51.4 Å². The minimum atomic E-state index is -0.959. The zero-order valence-corrected chi connectivity index (χ0v) is 18.8. The average Bonchev–Trinajstić information content (AvgIpc) is 2.73. The molecule has 0 amide bonds. The molecule has 0 spiro atoms. The predicted octanol–water partition coefficient (Wildman–Crippen LogP) is 4.71. The predicted molar refractivity (Wildman–Crippen MR) is 113 cm³/mol. The van der Waals surface area contributed by atoms with Gasteiger partial charge in [0.2, 0.25) is 0 Å². The number of esters is 2. The van der Waals surface area contributed by atoms with Crippen molar-refractivity contribution in [2.45, 2.75) is 104 Å². The summed E-state index contributed by atoms with van der Waals surface area (Å²) in [7, 11) is 0. The van der Waals surface area contributed by atoms with Crippen molar-refractivity contribution in [3.63, 3.8) is 0 Å². The third kappa shape index (κ3) is 5.50. The first-order chi connectivity index (χ1) is 14.4. The second-order valence-corrected chi connectivity index (χ2v) is 8.78. The lowest BCUT2D eigenvalue weighted by molar-refractivity contribution is -0.164. The van der Waals surface area contributed by atoms with Crippen LogP contribution in [0, 0.1) is 10.8 Å². The van der Waals surface area contributed by atoms with Crippen molar-refractivity contribution < 1.29 is 28.7 Å². The van der Waals surface area contributed by atoms with Crippen LogP contribution in [-0.2, 0) is 28.7 Å². The Morgan fingerprint density at radius 3 is 1.43 bits per heavy atom. The summed E-state index contributed by atoms with van der Waals surface area (Å²) in [6, 6.07) is 0. The summed E-state index contributed by atoms with van der Waals surface area (Å²) in [5, 5.41) is 0. The van der Waals surface area contributed by atoms with Crippen LogP contribution in [-0.4, -0.2) is 36.7 Å². The topological polar surface area (TPSA) is 86.7 Å². The molecule has 6 nitrogen and oxygen atoms in total. The highest BCUT2D eigenvalue weighted by Gasteiger charge is 2.48. The number of rotatable bonds is 11. The van der Waals surface area contributed by atoms with Gasteiger partial charge in [-0.25, -0.2) is 0 Å². The van der Waals surface area contributed by atoms with Crippen LogP contribution in [0.2, 0.25) is 0 Å². The normalized spacial score (nSPS) is 27.0. The summed E-state index contributed by atoms with van der Waals surface area (Å²) in [5.41, 5.74) is -1.92. The van der Waals surface area contributed by atoms with Gasteiger partial charge in [0.1, 0.15) is 22.4 Å². The first-order valence-corrected chi connectivity index (χ1v) is 11.8. The first kappa shape index (κ1) is 24.5. The van der Waals surface area contributed by atoms with E-state index in [4.69, 9.17) is 9.47 Å². The van der Waals surface area contributed by atoms with Gasteiger partial charge >= 0.3 is 11.9 Å². The van der Waals surface area contributed by atoms with Crippen LogP contribution in [0.1, 0.15) is 104 Å². The van der Waals surface area contributed by atoms with Crippen LogP contribution >= 0.6 is 0 Å². The highest BCUT2D eigenvalue weighted by atomic mass is 16.5. The molecule has 0 aromatic heterocycles. The van der Waals surface area contributed by atoms with Gasteiger partial charge in [0.25, 0.3) is 0 Å². The van der Waals surface area contributed by atoms with Crippen LogP contribution in [0.25, 0.3) is 0 Å². The molecule has 2 fully saturated rings. The molecule has 6 heteroatoms. The molecule has 2 saturated carbocycles. The van der Waals surface area contributed by atoms with Gasteiger partial charge < -0.3 is 9.47 Å². The average molecular weight is 423 g/mol. The summed E-state index contributed by atoms with van der Waals surface area (Å²) in [5.74, 6) is -0.657. The van der Waals surface area contributed by atoms with Gasteiger partial charge in [0.05, 0.1) is 13.2 Å². The number of ether oxygens (including phenoxy) is 2. The van der Waals surface area contributed by atoms with E-state index in [0.29, 0.717) is 38.5 Å². The van der Waals surface area contributed by atoms with Crippen LogP contribution in [0.15, 0.2) is 0 Å². The Balaban J connectivity index is 1.86. The molecular weight excluding hydrogens is 384 g/mol. The van der Waals surface area contributed by atoms with E-state index in [1.165, 1.54) is 0 Å². The van der Waals surface area contributed by atoms with Gasteiger partial charge in [-0.05, 0) is 52.4 Å². The van der Waals surface area contributed by atoms with Crippen LogP contribution in [0.3, 0.4) is 0 Å². The molecule has 2 aliphatic rings. The Morgan fingerprint density at radius 1 is 0.700 bits per heavy atom. The van der Waals surface area contributed by atoms with E-state index in [1.54, 1.807) is 13.8 Å². The number of ketones is 2. The van der Waals surface area contributed by atoms with Crippen molar-refractivity contribution in [1.82, 2.24) is 0 Å². The number of hydrogen-bond acceptors (Lipinski definition) is 6. The van der Waals surface area contributed by atoms with Crippen molar-refractivity contribution in [1.29, 1.82) is 0 Å². The smallest absolute Gasteiger partial charge is 0.319 e. The minimum absolute atomic E-state index is 0.0290. The fraction of sp³-hybridized carbons (Fsp3) is 0.833. The van der Waals surface area contributed by atoms with Crippen molar-refractivity contribution in [3.05, 3.63) is 0 Å². The van der Waals surface area contributed by atoms with Gasteiger partial charge in [0.15, 0.2) is 0 Å². The molecule has 30 heavy (non-hydrogen) atoms. The fourth-order valence-electron chi connectivity index (χ4n) is 5.09. The van der Waals surface area contributed by atoms with Gasteiger partial charge in [-0.15, -0.1) is 0 Å². The van der Waals surface area contributed by atoms with E-state index < -0.39 is 10.8 Å². The number of unbranched alkanes of at least 4 members (excludes halogenated alkanes) is 3. The molecular formula is C24H38O6. The van der Waals surface area contributed by atoms with E-state index in [2.05, 4.69) is 0 Å². The highest BCUT2D eigenvalue weighted by molar-refractivity contribution is 6.04. The fourth-order valence-corrected chi connectivity index (χ4v) is 5.09. The lowest BCUT2D eigenvalue weighted by atomic mass is 9.69. The number of carbonyl (C=O) groups excluding carboxylic acids is 4. The Labute approximate surface area is 180 Å². The maximum Gasteiger partial charge on any atom is 0.319 e. The summed E-state index contributed by atoms with van der Waals surface area (Å²) < 4.78 is 10.5. The molecule has 170 valence electrons. The molecule has 0 aromatic carbocycles.